The minimum absolute atomic E-state index is 0.403. The first-order valence-corrected chi connectivity index (χ1v) is 7.81. The molecule has 21 heavy (non-hydrogen) atoms. The summed E-state index contributed by atoms with van der Waals surface area (Å²) in [7, 11) is 4.29. The topological polar surface area (TPSA) is 15.3 Å². The Morgan fingerprint density at radius 1 is 1.00 bits per heavy atom. The van der Waals surface area contributed by atoms with Crippen molar-refractivity contribution >= 4 is 0 Å². The van der Waals surface area contributed by atoms with E-state index in [2.05, 4.69) is 78.9 Å². The van der Waals surface area contributed by atoms with E-state index in [1.807, 2.05) is 0 Å². The quantitative estimate of drug-likeness (QED) is 0.868. The summed E-state index contributed by atoms with van der Waals surface area (Å²) in [5.41, 5.74) is 3.93. The minimum atomic E-state index is 0.403. The number of rotatable bonds is 6. The van der Waals surface area contributed by atoms with Crippen LogP contribution in [-0.4, -0.2) is 31.6 Å². The van der Waals surface area contributed by atoms with Crippen molar-refractivity contribution in [1.82, 2.24) is 10.2 Å². The van der Waals surface area contributed by atoms with Gasteiger partial charge in [0.2, 0.25) is 0 Å². The third kappa shape index (κ3) is 3.52. The smallest absolute Gasteiger partial charge is 0.0446 e. The molecule has 0 saturated heterocycles. The molecule has 2 aromatic rings. The first kappa shape index (κ1) is 14.3. The molecule has 1 atom stereocenters. The van der Waals surface area contributed by atoms with Crippen LogP contribution in [0, 0.1) is 0 Å². The van der Waals surface area contributed by atoms with Gasteiger partial charge in [0, 0.05) is 18.6 Å². The van der Waals surface area contributed by atoms with Crippen LogP contribution in [0.3, 0.4) is 0 Å². The Balaban J connectivity index is 1.72. The van der Waals surface area contributed by atoms with Crippen LogP contribution in [0.4, 0.5) is 0 Å². The van der Waals surface area contributed by atoms with E-state index < -0.39 is 0 Å². The fourth-order valence-electron chi connectivity index (χ4n) is 2.85. The summed E-state index contributed by atoms with van der Waals surface area (Å²) < 4.78 is 0. The van der Waals surface area contributed by atoms with Gasteiger partial charge in [0.15, 0.2) is 0 Å². The van der Waals surface area contributed by atoms with Crippen LogP contribution in [0.5, 0.6) is 0 Å². The molecule has 110 valence electrons. The number of hydrogen-bond donors (Lipinski definition) is 1. The van der Waals surface area contributed by atoms with E-state index in [4.69, 9.17) is 0 Å². The standard InChI is InChI=1S/C19H24N2/c1-20-19(14-21(2)18-12-13-18)17-10-8-16(9-11-17)15-6-4-3-5-7-15/h3-11,18-20H,12-14H2,1-2H3. The largest absolute Gasteiger partial charge is 0.312 e. The van der Waals surface area contributed by atoms with Crippen LogP contribution in [0.2, 0.25) is 0 Å². The third-order valence-corrected chi connectivity index (χ3v) is 4.41. The molecule has 1 aliphatic carbocycles. The molecule has 2 heteroatoms. The second-order valence-electron chi connectivity index (χ2n) is 6.00. The molecule has 3 rings (SSSR count). The maximum absolute atomic E-state index is 3.45. The number of benzene rings is 2. The fourth-order valence-corrected chi connectivity index (χ4v) is 2.85. The first-order valence-electron chi connectivity index (χ1n) is 7.81. The molecule has 1 unspecified atom stereocenters. The van der Waals surface area contributed by atoms with Gasteiger partial charge in [0.05, 0.1) is 0 Å². The van der Waals surface area contributed by atoms with Crippen LogP contribution < -0.4 is 5.32 Å². The lowest BCUT2D eigenvalue weighted by atomic mass is 10.0. The van der Waals surface area contributed by atoms with Gasteiger partial charge in [-0.15, -0.1) is 0 Å². The SMILES string of the molecule is CNC(CN(C)C1CC1)c1ccc(-c2ccccc2)cc1. The predicted octanol–water partition coefficient (Wildman–Crippen LogP) is 3.71. The summed E-state index contributed by atoms with van der Waals surface area (Å²) in [4.78, 5) is 2.48. The van der Waals surface area contributed by atoms with Gasteiger partial charge in [-0.1, -0.05) is 54.6 Å². The highest BCUT2D eigenvalue weighted by Gasteiger charge is 2.27. The van der Waals surface area contributed by atoms with Gasteiger partial charge in [0.1, 0.15) is 0 Å². The highest BCUT2D eigenvalue weighted by atomic mass is 15.2. The summed E-state index contributed by atoms with van der Waals surface area (Å²) in [5, 5.41) is 3.45. The zero-order valence-corrected chi connectivity index (χ0v) is 12.9. The molecular formula is C19H24N2. The second-order valence-corrected chi connectivity index (χ2v) is 6.00. The molecule has 1 saturated carbocycles. The molecule has 2 aromatic carbocycles. The van der Waals surface area contributed by atoms with E-state index in [1.54, 1.807) is 0 Å². The van der Waals surface area contributed by atoms with Crippen molar-refractivity contribution in [1.29, 1.82) is 0 Å². The summed E-state index contributed by atoms with van der Waals surface area (Å²) in [6.07, 6.45) is 2.72. The minimum Gasteiger partial charge on any atom is -0.312 e. The van der Waals surface area contributed by atoms with Crippen LogP contribution in [0.15, 0.2) is 54.6 Å². The molecule has 0 aliphatic heterocycles. The van der Waals surface area contributed by atoms with Crippen molar-refractivity contribution < 1.29 is 0 Å². The number of nitrogens with zero attached hydrogens (tertiary/aromatic N) is 1. The number of hydrogen-bond acceptors (Lipinski definition) is 2. The predicted molar refractivity (Wildman–Crippen MR) is 89.3 cm³/mol. The van der Waals surface area contributed by atoms with Crippen LogP contribution >= 0.6 is 0 Å². The Hall–Kier alpha value is -1.64. The van der Waals surface area contributed by atoms with Crippen LogP contribution in [0.1, 0.15) is 24.4 Å². The van der Waals surface area contributed by atoms with Crippen molar-refractivity contribution in [3.05, 3.63) is 60.2 Å². The van der Waals surface area contributed by atoms with Gasteiger partial charge in [-0.3, -0.25) is 0 Å². The lowest BCUT2D eigenvalue weighted by Gasteiger charge is -2.24. The molecule has 1 N–H and O–H groups in total. The lowest BCUT2D eigenvalue weighted by molar-refractivity contribution is 0.287. The molecule has 0 amide bonds. The monoisotopic (exact) mass is 280 g/mol. The van der Waals surface area contributed by atoms with Gasteiger partial charge in [-0.05, 0) is 43.6 Å². The molecular weight excluding hydrogens is 256 g/mol. The van der Waals surface area contributed by atoms with Crippen LogP contribution in [0.25, 0.3) is 11.1 Å². The van der Waals surface area contributed by atoms with E-state index in [-0.39, 0.29) is 0 Å². The molecule has 1 aliphatic rings. The number of nitrogens with one attached hydrogen (secondary N) is 1. The molecule has 2 nitrogen and oxygen atoms in total. The van der Waals surface area contributed by atoms with Gasteiger partial charge in [-0.2, -0.15) is 0 Å². The molecule has 0 aromatic heterocycles. The van der Waals surface area contributed by atoms with Gasteiger partial charge < -0.3 is 10.2 Å². The van der Waals surface area contributed by atoms with E-state index in [0.29, 0.717) is 6.04 Å². The zero-order valence-electron chi connectivity index (χ0n) is 12.9. The van der Waals surface area contributed by atoms with Crippen molar-refractivity contribution in [3.8, 4) is 11.1 Å². The highest BCUT2D eigenvalue weighted by molar-refractivity contribution is 5.63. The normalized spacial score (nSPS) is 16.1. The van der Waals surface area contributed by atoms with Gasteiger partial charge in [-0.25, -0.2) is 0 Å². The Kier molecular flexibility index (Phi) is 4.37. The van der Waals surface area contributed by atoms with Crippen LogP contribution in [-0.2, 0) is 0 Å². The summed E-state index contributed by atoms with van der Waals surface area (Å²) in [6, 6.07) is 20.7. The molecule has 0 bridgehead atoms. The summed E-state index contributed by atoms with van der Waals surface area (Å²) in [5.74, 6) is 0. The van der Waals surface area contributed by atoms with E-state index in [9.17, 15) is 0 Å². The van der Waals surface area contributed by atoms with Crippen molar-refractivity contribution in [2.75, 3.05) is 20.6 Å². The zero-order chi connectivity index (χ0) is 14.7. The van der Waals surface area contributed by atoms with E-state index in [1.165, 1.54) is 29.5 Å². The van der Waals surface area contributed by atoms with E-state index >= 15 is 0 Å². The molecule has 0 spiro atoms. The summed E-state index contributed by atoms with van der Waals surface area (Å²) in [6.45, 7) is 1.08. The third-order valence-electron chi connectivity index (χ3n) is 4.41. The average molecular weight is 280 g/mol. The fraction of sp³-hybridized carbons (Fsp3) is 0.368. The van der Waals surface area contributed by atoms with E-state index in [0.717, 1.165) is 12.6 Å². The van der Waals surface area contributed by atoms with Crippen molar-refractivity contribution in [2.24, 2.45) is 0 Å². The Bertz CT molecular complexity index is 558. The van der Waals surface area contributed by atoms with Crippen molar-refractivity contribution in [2.45, 2.75) is 24.9 Å². The number of likely N-dealkylation sites (N-methyl/N-ethyl adjacent to an activating group) is 2. The Morgan fingerprint density at radius 2 is 1.62 bits per heavy atom. The maximum Gasteiger partial charge on any atom is 0.0446 e. The molecule has 0 radical (unpaired) electrons. The Labute approximate surface area is 127 Å². The maximum atomic E-state index is 3.45. The van der Waals surface area contributed by atoms with Gasteiger partial charge in [0.25, 0.3) is 0 Å². The molecule has 1 fully saturated rings. The Morgan fingerprint density at radius 3 is 2.19 bits per heavy atom. The first-order chi connectivity index (χ1) is 10.3. The highest BCUT2D eigenvalue weighted by Crippen LogP contribution is 2.28. The lowest BCUT2D eigenvalue weighted by Crippen LogP contribution is -2.32. The van der Waals surface area contributed by atoms with Gasteiger partial charge >= 0.3 is 0 Å². The summed E-state index contributed by atoms with van der Waals surface area (Å²) >= 11 is 0. The molecule has 0 heterocycles. The average Bonchev–Trinajstić information content (AvgIpc) is 3.38. The van der Waals surface area contributed by atoms with Crippen molar-refractivity contribution in [3.63, 3.8) is 0 Å². The second kappa shape index (κ2) is 6.42.